The third kappa shape index (κ3) is 2.50. The molecule has 0 aromatic carbocycles. The van der Waals surface area contributed by atoms with Gasteiger partial charge in [0, 0.05) is 12.4 Å². The highest BCUT2D eigenvalue weighted by Crippen LogP contribution is 2.20. The van der Waals surface area contributed by atoms with Crippen LogP contribution in [0.25, 0.3) is 0 Å². The molecule has 3 nitrogen and oxygen atoms in total. The maximum atomic E-state index is 5.94. The highest BCUT2D eigenvalue weighted by Gasteiger charge is 2.01. The number of aromatic nitrogens is 1. The smallest absolute Gasteiger partial charge is 0.123 e. The fraction of sp³-hybridized carbons (Fsp3) is 0.182. The molecule has 0 bridgehead atoms. The van der Waals surface area contributed by atoms with Gasteiger partial charge >= 0.3 is 0 Å². The molecule has 0 aliphatic heterocycles. The lowest BCUT2D eigenvalue weighted by Gasteiger charge is -2.05. The third-order valence-corrected chi connectivity index (χ3v) is 2.32. The number of hydrogen-bond acceptors (Lipinski definition) is 3. The molecule has 0 saturated carbocycles. The topological polar surface area (TPSA) is 38.1 Å². The lowest BCUT2D eigenvalue weighted by molar-refractivity contribution is 0.490. The molecule has 2 heterocycles. The van der Waals surface area contributed by atoms with Crippen molar-refractivity contribution in [2.45, 2.75) is 13.5 Å². The van der Waals surface area contributed by atoms with Gasteiger partial charge in [-0.1, -0.05) is 11.6 Å². The van der Waals surface area contributed by atoms with Gasteiger partial charge in [-0.2, -0.15) is 0 Å². The second-order valence-corrected chi connectivity index (χ2v) is 3.63. The van der Waals surface area contributed by atoms with Crippen LogP contribution < -0.4 is 5.32 Å². The Hall–Kier alpha value is -1.48. The van der Waals surface area contributed by atoms with Gasteiger partial charge in [0.1, 0.15) is 11.5 Å². The molecule has 0 saturated heterocycles. The van der Waals surface area contributed by atoms with Crippen molar-refractivity contribution in [2.75, 3.05) is 5.32 Å². The molecule has 2 rings (SSSR count). The minimum absolute atomic E-state index is 0.612. The van der Waals surface area contributed by atoms with E-state index in [2.05, 4.69) is 10.3 Å². The van der Waals surface area contributed by atoms with Crippen molar-refractivity contribution in [3.8, 4) is 0 Å². The van der Waals surface area contributed by atoms with E-state index in [1.165, 1.54) is 0 Å². The van der Waals surface area contributed by atoms with Gasteiger partial charge in [-0.05, 0) is 25.1 Å². The minimum Gasteiger partial charge on any atom is -0.465 e. The molecule has 0 atom stereocenters. The number of aryl methyl sites for hydroxylation is 1. The molecule has 0 aliphatic rings. The van der Waals surface area contributed by atoms with Gasteiger partial charge in [-0.25, -0.2) is 0 Å². The van der Waals surface area contributed by atoms with Gasteiger partial charge in [-0.3, -0.25) is 4.98 Å². The van der Waals surface area contributed by atoms with Crippen LogP contribution in [0.1, 0.15) is 11.5 Å². The van der Waals surface area contributed by atoms with Crippen molar-refractivity contribution < 1.29 is 4.42 Å². The maximum absolute atomic E-state index is 5.94. The van der Waals surface area contributed by atoms with Crippen LogP contribution in [0, 0.1) is 6.92 Å². The molecular formula is C11H11ClN2O. The molecule has 78 valence electrons. The first-order chi connectivity index (χ1) is 7.25. The summed E-state index contributed by atoms with van der Waals surface area (Å²) >= 11 is 5.94. The summed E-state index contributed by atoms with van der Waals surface area (Å²) in [7, 11) is 0. The maximum Gasteiger partial charge on any atom is 0.123 e. The number of hydrogen-bond donors (Lipinski definition) is 1. The fourth-order valence-corrected chi connectivity index (χ4v) is 1.47. The summed E-state index contributed by atoms with van der Waals surface area (Å²) in [5, 5.41) is 3.79. The summed E-state index contributed by atoms with van der Waals surface area (Å²) in [4.78, 5) is 3.91. The van der Waals surface area contributed by atoms with Crippen molar-refractivity contribution in [1.29, 1.82) is 0 Å². The number of nitrogens with zero attached hydrogens (tertiary/aromatic N) is 1. The zero-order valence-corrected chi connectivity index (χ0v) is 9.08. The van der Waals surface area contributed by atoms with E-state index in [0.717, 1.165) is 17.2 Å². The Kier molecular flexibility index (Phi) is 2.92. The summed E-state index contributed by atoms with van der Waals surface area (Å²) in [6.07, 6.45) is 3.30. The first kappa shape index (κ1) is 10.1. The Labute approximate surface area is 93.1 Å². The minimum atomic E-state index is 0.612. The zero-order chi connectivity index (χ0) is 10.7. The molecule has 0 spiro atoms. The van der Waals surface area contributed by atoms with E-state index in [0.29, 0.717) is 11.6 Å². The van der Waals surface area contributed by atoms with Crippen LogP contribution in [0.5, 0.6) is 0 Å². The first-order valence-electron chi connectivity index (χ1n) is 4.64. The van der Waals surface area contributed by atoms with Crippen LogP contribution in [0.3, 0.4) is 0 Å². The summed E-state index contributed by atoms with van der Waals surface area (Å²) in [6.45, 7) is 2.54. The van der Waals surface area contributed by atoms with E-state index in [1.807, 2.05) is 25.1 Å². The van der Waals surface area contributed by atoms with E-state index in [4.69, 9.17) is 16.0 Å². The van der Waals surface area contributed by atoms with E-state index in [1.54, 1.807) is 12.4 Å². The second-order valence-electron chi connectivity index (χ2n) is 3.22. The van der Waals surface area contributed by atoms with E-state index >= 15 is 0 Å². The summed E-state index contributed by atoms with van der Waals surface area (Å²) in [5.74, 6) is 1.80. The SMILES string of the molecule is Cc1ccc(CNc2ccncc2Cl)o1. The Morgan fingerprint density at radius 2 is 2.27 bits per heavy atom. The molecule has 4 heteroatoms. The normalized spacial score (nSPS) is 10.3. The van der Waals surface area contributed by atoms with Crippen molar-refractivity contribution >= 4 is 17.3 Å². The summed E-state index contributed by atoms with van der Waals surface area (Å²) < 4.78 is 5.42. The Morgan fingerprint density at radius 1 is 1.40 bits per heavy atom. The highest BCUT2D eigenvalue weighted by molar-refractivity contribution is 6.33. The molecule has 0 fully saturated rings. The number of rotatable bonds is 3. The predicted octanol–water partition coefficient (Wildman–Crippen LogP) is 3.25. The number of nitrogens with one attached hydrogen (secondary N) is 1. The Morgan fingerprint density at radius 3 is 2.93 bits per heavy atom. The van der Waals surface area contributed by atoms with Gasteiger partial charge in [-0.15, -0.1) is 0 Å². The van der Waals surface area contributed by atoms with Crippen LogP contribution in [0.2, 0.25) is 5.02 Å². The summed E-state index contributed by atoms with van der Waals surface area (Å²) in [5.41, 5.74) is 0.862. The van der Waals surface area contributed by atoms with Gasteiger partial charge in [0.05, 0.1) is 17.3 Å². The molecule has 2 aromatic rings. The monoisotopic (exact) mass is 222 g/mol. The lowest BCUT2D eigenvalue weighted by Crippen LogP contribution is -1.98. The largest absolute Gasteiger partial charge is 0.465 e. The lowest BCUT2D eigenvalue weighted by atomic mass is 10.3. The number of halogens is 1. The van der Waals surface area contributed by atoms with Gasteiger partial charge in [0.25, 0.3) is 0 Å². The Bertz CT molecular complexity index is 453. The van der Waals surface area contributed by atoms with Gasteiger partial charge in [0.2, 0.25) is 0 Å². The van der Waals surface area contributed by atoms with Crippen LogP contribution >= 0.6 is 11.6 Å². The van der Waals surface area contributed by atoms with E-state index < -0.39 is 0 Å². The third-order valence-electron chi connectivity index (χ3n) is 2.02. The molecule has 0 radical (unpaired) electrons. The summed E-state index contributed by atoms with van der Waals surface area (Å²) in [6, 6.07) is 5.71. The van der Waals surface area contributed by atoms with Crippen molar-refractivity contribution in [1.82, 2.24) is 4.98 Å². The molecule has 0 unspecified atom stereocenters. The molecule has 15 heavy (non-hydrogen) atoms. The van der Waals surface area contributed by atoms with Crippen molar-refractivity contribution in [3.05, 3.63) is 47.1 Å². The number of anilines is 1. The molecule has 2 aromatic heterocycles. The van der Waals surface area contributed by atoms with Crippen LogP contribution in [0.4, 0.5) is 5.69 Å². The van der Waals surface area contributed by atoms with Crippen molar-refractivity contribution in [3.63, 3.8) is 0 Å². The average molecular weight is 223 g/mol. The standard InChI is InChI=1S/C11H11ClN2O/c1-8-2-3-9(15-8)6-14-11-4-5-13-7-10(11)12/h2-5,7H,6H2,1H3,(H,13,14). The quantitative estimate of drug-likeness (QED) is 0.867. The average Bonchev–Trinajstić information content (AvgIpc) is 2.63. The molecule has 0 aliphatic carbocycles. The number of furan rings is 1. The molecule has 0 amide bonds. The number of pyridine rings is 1. The van der Waals surface area contributed by atoms with E-state index in [-0.39, 0.29) is 0 Å². The predicted molar refractivity (Wildman–Crippen MR) is 60.0 cm³/mol. The fourth-order valence-electron chi connectivity index (χ4n) is 1.28. The van der Waals surface area contributed by atoms with Gasteiger partial charge in [0.15, 0.2) is 0 Å². The Balaban J connectivity index is 2.02. The first-order valence-corrected chi connectivity index (χ1v) is 5.02. The molecular weight excluding hydrogens is 212 g/mol. The van der Waals surface area contributed by atoms with Crippen LogP contribution in [0.15, 0.2) is 35.0 Å². The van der Waals surface area contributed by atoms with Crippen LogP contribution in [-0.4, -0.2) is 4.98 Å². The van der Waals surface area contributed by atoms with Crippen molar-refractivity contribution in [2.24, 2.45) is 0 Å². The van der Waals surface area contributed by atoms with Crippen LogP contribution in [-0.2, 0) is 6.54 Å². The van der Waals surface area contributed by atoms with Gasteiger partial charge < -0.3 is 9.73 Å². The zero-order valence-electron chi connectivity index (χ0n) is 8.33. The highest BCUT2D eigenvalue weighted by atomic mass is 35.5. The van der Waals surface area contributed by atoms with E-state index in [9.17, 15) is 0 Å². The second kappa shape index (κ2) is 4.36. The molecule has 1 N–H and O–H groups in total.